The van der Waals surface area contributed by atoms with E-state index in [1.807, 2.05) is 32.0 Å². The lowest BCUT2D eigenvalue weighted by Crippen LogP contribution is -2.44. The largest absolute Gasteiger partial charge is 0.389 e. The van der Waals surface area contributed by atoms with Crippen molar-refractivity contribution in [3.63, 3.8) is 0 Å². The molecule has 0 spiro atoms. The second kappa shape index (κ2) is 8.09. The summed E-state index contributed by atoms with van der Waals surface area (Å²) in [5, 5.41) is 18.7. The molecule has 1 rings (SSSR count). The van der Waals surface area contributed by atoms with Gasteiger partial charge in [-0.2, -0.15) is 5.26 Å². The SMILES string of the molecule is Cc1cccc(N(CCC#N)C(=O)CN(C)CC(C)(C)O)c1C. The van der Waals surface area contributed by atoms with Crippen LogP contribution in [0.2, 0.25) is 0 Å². The van der Waals surface area contributed by atoms with Crippen molar-refractivity contribution in [3.05, 3.63) is 29.3 Å². The lowest BCUT2D eigenvalue weighted by atomic mass is 10.1. The number of likely N-dealkylation sites (N-methyl/N-ethyl adjacent to an activating group) is 1. The molecule has 0 saturated heterocycles. The number of nitrogens with zero attached hydrogens (tertiary/aromatic N) is 3. The van der Waals surface area contributed by atoms with Gasteiger partial charge in [-0.05, 0) is 51.9 Å². The van der Waals surface area contributed by atoms with Crippen molar-refractivity contribution >= 4 is 11.6 Å². The zero-order chi connectivity index (χ0) is 17.6. The van der Waals surface area contributed by atoms with Crippen molar-refractivity contribution in [2.45, 2.75) is 39.7 Å². The van der Waals surface area contributed by atoms with E-state index < -0.39 is 5.60 Å². The van der Waals surface area contributed by atoms with Crippen LogP contribution in [-0.2, 0) is 4.79 Å². The molecule has 1 aromatic carbocycles. The zero-order valence-corrected chi connectivity index (χ0v) is 14.8. The molecule has 0 bridgehead atoms. The van der Waals surface area contributed by atoms with Crippen molar-refractivity contribution in [1.82, 2.24) is 4.90 Å². The highest BCUT2D eigenvalue weighted by Crippen LogP contribution is 2.23. The van der Waals surface area contributed by atoms with Gasteiger partial charge in [0, 0.05) is 18.8 Å². The van der Waals surface area contributed by atoms with Crippen LogP contribution >= 0.6 is 0 Å². The predicted octanol–water partition coefficient (Wildman–Crippen LogP) is 2.25. The van der Waals surface area contributed by atoms with Gasteiger partial charge in [0.2, 0.25) is 5.91 Å². The average molecular weight is 317 g/mol. The van der Waals surface area contributed by atoms with Crippen LogP contribution in [0.1, 0.15) is 31.4 Å². The molecule has 0 aliphatic rings. The highest BCUT2D eigenvalue weighted by Gasteiger charge is 2.22. The molecule has 1 aromatic rings. The Balaban J connectivity index is 2.96. The number of aliphatic hydroxyl groups is 1. The van der Waals surface area contributed by atoms with Gasteiger partial charge < -0.3 is 10.0 Å². The first-order chi connectivity index (χ1) is 10.7. The van der Waals surface area contributed by atoms with E-state index >= 15 is 0 Å². The first-order valence-electron chi connectivity index (χ1n) is 7.80. The van der Waals surface area contributed by atoms with E-state index in [2.05, 4.69) is 6.07 Å². The predicted molar refractivity (Wildman–Crippen MR) is 92.3 cm³/mol. The van der Waals surface area contributed by atoms with Crippen LogP contribution in [0, 0.1) is 25.2 Å². The third kappa shape index (κ3) is 6.01. The number of carbonyl (C=O) groups excluding carboxylic acids is 1. The molecule has 5 heteroatoms. The number of hydrogen-bond acceptors (Lipinski definition) is 4. The molecule has 126 valence electrons. The lowest BCUT2D eigenvalue weighted by molar-refractivity contribution is -0.120. The molecule has 0 aliphatic heterocycles. The molecule has 0 atom stereocenters. The van der Waals surface area contributed by atoms with Gasteiger partial charge in [0.1, 0.15) is 0 Å². The molecule has 0 saturated carbocycles. The van der Waals surface area contributed by atoms with Crippen molar-refractivity contribution in [2.24, 2.45) is 0 Å². The van der Waals surface area contributed by atoms with Crippen LogP contribution in [0.4, 0.5) is 5.69 Å². The number of amides is 1. The minimum absolute atomic E-state index is 0.0688. The second-order valence-electron chi connectivity index (χ2n) is 6.66. The van der Waals surface area contributed by atoms with Gasteiger partial charge in [-0.25, -0.2) is 0 Å². The van der Waals surface area contributed by atoms with E-state index in [1.54, 1.807) is 30.7 Å². The maximum absolute atomic E-state index is 12.7. The quantitative estimate of drug-likeness (QED) is 0.837. The summed E-state index contributed by atoms with van der Waals surface area (Å²) in [6, 6.07) is 7.94. The summed E-state index contributed by atoms with van der Waals surface area (Å²) < 4.78 is 0. The first-order valence-corrected chi connectivity index (χ1v) is 7.80. The summed E-state index contributed by atoms with van der Waals surface area (Å²) in [7, 11) is 1.81. The minimum Gasteiger partial charge on any atom is -0.389 e. The van der Waals surface area contributed by atoms with Crippen LogP contribution < -0.4 is 4.90 Å². The number of rotatable bonds is 7. The van der Waals surface area contributed by atoms with E-state index in [-0.39, 0.29) is 18.9 Å². The van der Waals surface area contributed by atoms with Gasteiger partial charge in [-0.3, -0.25) is 9.69 Å². The van der Waals surface area contributed by atoms with Gasteiger partial charge in [0.05, 0.1) is 24.6 Å². The normalized spacial score (nSPS) is 11.4. The van der Waals surface area contributed by atoms with Crippen molar-refractivity contribution in [3.8, 4) is 6.07 Å². The Kier molecular flexibility index (Phi) is 6.74. The van der Waals surface area contributed by atoms with E-state index in [0.717, 1.165) is 16.8 Å². The summed E-state index contributed by atoms with van der Waals surface area (Å²) in [5.74, 6) is -0.0688. The number of aryl methyl sites for hydroxylation is 1. The highest BCUT2D eigenvalue weighted by atomic mass is 16.3. The van der Waals surface area contributed by atoms with Crippen molar-refractivity contribution in [1.29, 1.82) is 5.26 Å². The van der Waals surface area contributed by atoms with Gasteiger partial charge in [0.15, 0.2) is 0 Å². The van der Waals surface area contributed by atoms with E-state index in [4.69, 9.17) is 5.26 Å². The van der Waals surface area contributed by atoms with Crippen LogP contribution in [0.5, 0.6) is 0 Å². The molecule has 0 aliphatic carbocycles. The van der Waals surface area contributed by atoms with E-state index in [1.165, 1.54) is 0 Å². The molecular weight excluding hydrogens is 290 g/mol. The summed E-state index contributed by atoms with van der Waals surface area (Å²) in [4.78, 5) is 16.2. The Morgan fingerprint density at radius 3 is 2.57 bits per heavy atom. The lowest BCUT2D eigenvalue weighted by Gasteiger charge is -2.29. The third-order valence-electron chi connectivity index (χ3n) is 3.68. The number of nitriles is 1. The summed E-state index contributed by atoms with van der Waals surface area (Å²) in [5.41, 5.74) is 2.15. The average Bonchev–Trinajstić information content (AvgIpc) is 2.41. The number of hydrogen-bond donors (Lipinski definition) is 1. The Morgan fingerprint density at radius 1 is 1.35 bits per heavy atom. The van der Waals surface area contributed by atoms with Gasteiger partial charge in [-0.15, -0.1) is 0 Å². The van der Waals surface area contributed by atoms with Crippen LogP contribution in [0.25, 0.3) is 0 Å². The molecule has 0 fully saturated rings. The molecule has 0 unspecified atom stereocenters. The summed E-state index contributed by atoms with van der Waals surface area (Å²) in [6.45, 7) is 8.39. The zero-order valence-electron chi connectivity index (χ0n) is 14.8. The second-order valence-corrected chi connectivity index (χ2v) is 6.66. The number of benzene rings is 1. The van der Waals surface area contributed by atoms with Gasteiger partial charge in [0.25, 0.3) is 0 Å². The van der Waals surface area contributed by atoms with Gasteiger partial charge >= 0.3 is 0 Å². The topological polar surface area (TPSA) is 67.6 Å². The molecule has 0 heterocycles. The monoisotopic (exact) mass is 317 g/mol. The standard InChI is InChI=1S/C18H27N3O2/c1-14-8-6-9-16(15(14)2)21(11-7-10-19)17(22)12-20(5)13-18(3,4)23/h6,8-9,23H,7,11-13H2,1-5H3. The first kappa shape index (κ1) is 19.1. The van der Waals surface area contributed by atoms with E-state index in [0.29, 0.717) is 13.1 Å². The fourth-order valence-corrected chi connectivity index (χ4v) is 2.60. The Hall–Kier alpha value is -1.90. The maximum Gasteiger partial charge on any atom is 0.241 e. The Labute approximate surface area is 139 Å². The van der Waals surface area contributed by atoms with Crippen LogP contribution in [0.15, 0.2) is 18.2 Å². The third-order valence-corrected chi connectivity index (χ3v) is 3.68. The molecule has 5 nitrogen and oxygen atoms in total. The Morgan fingerprint density at radius 2 is 2.00 bits per heavy atom. The number of carbonyl (C=O) groups is 1. The molecule has 0 radical (unpaired) electrons. The molecule has 0 aromatic heterocycles. The number of anilines is 1. The smallest absolute Gasteiger partial charge is 0.241 e. The van der Waals surface area contributed by atoms with Crippen molar-refractivity contribution < 1.29 is 9.90 Å². The highest BCUT2D eigenvalue weighted by molar-refractivity contribution is 5.95. The van der Waals surface area contributed by atoms with Gasteiger partial charge in [-0.1, -0.05) is 12.1 Å². The minimum atomic E-state index is -0.855. The molecule has 1 amide bonds. The maximum atomic E-state index is 12.7. The molecular formula is C18H27N3O2. The fourth-order valence-electron chi connectivity index (χ4n) is 2.60. The van der Waals surface area contributed by atoms with Crippen molar-refractivity contribution in [2.75, 3.05) is 31.6 Å². The Bertz CT molecular complexity index is 585. The van der Waals surface area contributed by atoms with E-state index in [9.17, 15) is 9.90 Å². The van der Waals surface area contributed by atoms with Crippen LogP contribution in [0.3, 0.4) is 0 Å². The molecule has 23 heavy (non-hydrogen) atoms. The summed E-state index contributed by atoms with van der Waals surface area (Å²) >= 11 is 0. The summed E-state index contributed by atoms with van der Waals surface area (Å²) in [6.07, 6.45) is 0.286. The fraction of sp³-hybridized carbons (Fsp3) is 0.556. The van der Waals surface area contributed by atoms with Crippen LogP contribution in [-0.4, -0.2) is 48.2 Å². The molecule has 1 N–H and O–H groups in total.